The molecular formula is C13H22N4S. The van der Waals surface area contributed by atoms with Crippen molar-refractivity contribution in [1.82, 2.24) is 9.78 Å². The number of aliphatic imine (C=N–C) groups is 1. The fourth-order valence-electron chi connectivity index (χ4n) is 1.97. The van der Waals surface area contributed by atoms with Gasteiger partial charge in [0.15, 0.2) is 5.17 Å². The summed E-state index contributed by atoms with van der Waals surface area (Å²) in [5.74, 6) is 1.08. The number of nitrogens with one attached hydrogen (secondary N) is 1. The molecule has 1 aliphatic heterocycles. The van der Waals surface area contributed by atoms with Crippen molar-refractivity contribution in [3.05, 3.63) is 12.4 Å². The lowest BCUT2D eigenvalue weighted by molar-refractivity contribution is 0.456. The Hall–Kier alpha value is -0.970. The Morgan fingerprint density at radius 3 is 2.67 bits per heavy atom. The standard InChI is InChI=1S/C13H22N4S/c1-5-13(6-2)9-18-12(16-13)15-11-7-14-17(8-11)10(3)4/h7-8,10H,5-6,9H2,1-4H3,(H,15,16). The van der Waals surface area contributed by atoms with Crippen LogP contribution in [0.3, 0.4) is 0 Å². The number of thioether (sulfide) groups is 1. The highest BCUT2D eigenvalue weighted by Gasteiger charge is 2.32. The molecule has 2 rings (SSSR count). The summed E-state index contributed by atoms with van der Waals surface area (Å²) in [5.41, 5.74) is 1.17. The summed E-state index contributed by atoms with van der Waals surface area (Å²) >= 11 is 1.81. The number of amidine groups is 1. The second-order valence-corrected chi connectivity index (χ2v) is 6.03. The van der Waals surface area contributed by atoms with E-state index in [4.69, 9.17) is 4.99 Å². The first-order chi connectivity index (χ1) is 8.58. The molecule has 1 aromatic heterocycles. The van der Waals surface area contributed by atoms with Crippen molar-refractivity contribution in [2.24, 2.45) is 4.99 Å². The van der Waals surface area contributed by atoms with E-state index in [9.17, 15) is 0 Å². The molecule has 2 heterocycles. The van der Waals surface area contributed by atoms with Gasteiger partial charge in [-0.2, -0.15) is 5.10 Å². The zero-order chi connectivity index (χ0) is 13.2. The van der Waals surface area contributed by atoms with E-state index in [1.165, 1.54) is 0 Å². The first kappa shape index (κ1) is 13.5. The lowest BCUT2D eigenvalue weighted by atomic mass is 9.97. The van der Waals surface area contributed by atoms with Gasteiger partial charge in [-0.05, 0) is 26.7 Å². The van der Waals surface area contributed by atoms with E-state index in [2.05, 4.69) is 38.1 Å². The summed E-state index contributed by atoms with van der Waals surface area (Å²) in [5, 5.41) is 8.72. The summed E-state index contributed by atoms with van der Waals surface area (Å²) < 4.78 is 1.95. The number of hydrogen-bond donors (Lipinski definition) is 1. The molecule has 1 aromatic rings. The van der Waals surface area contributed by atoms with E-state index < -0.39 is 0 Å². The minimum Gasteiger partial charge on any atom is -0.332 e. The number of nitrogens with zero attached hydrogens (tertiary/aromatic N) is 3. The zero-order valence-electron chi connectivity index (χ0n) is 11.6. The maximum Gasteiger partial charge on any atom is 0.161 e. The average Bonchev–Trinajstić information content (AvgIpc) is 2.97. The lowest BCUT2D eigenvalue weighted by Crippen LogP contribution is -2.24. The second kappa shape index (κ2) is 5.34. The maximum absolute atomic E-state index is 4.84. The molecule has 0 amide bonds. The van der Waals surface area contributed by atoms with Crippen LogP contribution in [0.2, 0.25) is 0 Å². The molecule has 18 heavy (non-hydrogen) atoms. The van der Waals surface area contributed by atoms with E-state index in [1.807, 2.05) is 28.8 Å². The van der Waals surface area contributed by atoms with Gasteiger partial charge in [0, 0.05) is 18.0 Å². The SMILES string of the molecule is CCC1(CC)CSC(Nc2cnn(C(C)C)c2)=N1. The molecule has 0 aliphatic carbocycles. The molecule has 100 valence electrons. The third-order valence-electron chi connectivity index (χ3n) is 3.51. The van der Waals surface area contributed by atoms with Gasteiger partial charge < -0.3 is 5.32 Å². The Balaban J connectivity index is 2.06. The van der Waals surface area contributed by atoms with Gasteiger partial charge in [-0.15, -0.1) is 0 Å². The molecule has 0 unspecified atom stereocenters. The van der Waals surface area contributed by atoms with E-state index in [0.29, 0.717) is 6.04 Å². The van der Waals surface area contributed by atoms with Gasteiger partial charge in [0.2, 0.25) is 0 Å². The number of rotatable bonds is 4. The highest BCUT2D eigenvalue weighted by atomic mass is 32.2. The molecule has 1 aliphatic rings. The lowest BCUT2D eigenvalue weighted by Gasteiger charge is -2.20. The third-order valence-corrected chi connectivity index (χ3v) is 4.66. The van der Waals surface area contributed by atoms with Crippen LogP contribution in [0.4, 0.5) is 5.69 Å². The number of anilines is 1. The first-order valence-corrected chi connectivity index (χ1v) is 7.61. The molecule has 0 bridgehead atoms. The Kier molecular flexibility index (Phi) is 4.00. The zero-order valence-corrected chi connectivity index (χ0v) is 12.4. The second-order valence-electron chi connectivity index (χ2n) is 5.06. The fourth-order valence-corrected chi connectivity index (χ4v) is 3.29. The van der Waals surface area contributed by atoms with Crippen LogP contribution in [-0.2, 0) is 0 Å². The van der Waals surface area contributed by atoms with Crippen molar-refractivity contribution < 1.29 is 0 Å². The Morgan fingerprint density at radius 1 is 1.44 bits per heavy atom. The average molecular weight is 266 g/mol. The third kappa shape index (κ3) is 2.71. The molecule has 0 fully saturated rings. The predicted molar refractivity (Wildman–Crippen MR) is 79.4 cm³/mol. The first-order valence-electron chi connectivity index (χ1n) is 6.62. The van der Waals surface area contributed by atoms with Crippen LogP contribution in [-0.4, -0.2) is 26.2 Å². The molecule has 0 atom stereocenters. The quantitative estimate of drug-likeness (QED) is 0.906. The van der Waals surface area contributed by atoms with Crippen LogP contribution in [0, 0.1) is 0 Å². The van der Waals surface area contributed by atoms with Gasteiger partial charge in [-0.25, -0.2) is 0 Å². The van der Waals surface area contributed by atoms with Gasteiger partial charge in [0.05, 0.1) is 17.4 Å². The summed E-state index contributed by atoms with van der Waals surface area (Å²) in [6, 6.07) is 0.393. The number of aromatic nitrogens is 2. The van der Waals surface area contributed by atoms with E-state index in [-0.39, 0.29) is 5.54 Å². The minimum absolute atomic E-state index is 0.140. The van der Waals surface area contributed by atoms with Crippen LogP contribution in [0.1, 0.15) is 46.6 Å². The normalized spacial score (nSPS) is 18.2. The maximum atomic E-state index is 4.84. The molecule has 4 nitrogen and oxygen atoms in total. The van der Waals surface area contributed by atoms with Gasteiger partial charge in [0.1, 0.15) is 0 Å². The largest absolute Gasteiger partial charge is 0.332 e. The van der Waals surface area contributed by atoms with Crippen molar-refractivity contribution in [2.45, 2.75) is 52.1 Å². The molecule has 1 N–H and O–H groups in total. The van der Waals surface area contributed by atoms with E-state index in [1.54, 1.807) is 0 Å². The fraction of sp³-hybridized carbons (Fsp3) is 0.692. The molecule has 0 spiro atoms. The van der Waals surface area contributed by atoms with Gasteiger partial charge in [0.25, 0.3) is 0 Å². The molecule has 0 radical (unpaired) electrons. The molecule has 0 saturated carbocycles. The highest BCUT2D eigenvalue weighted by Crippen LogP contribution is 2.33. The Morgan fingerprint density at radius 2 is 2.17 bits per heavy atom. The van der Waals surface area contributed by atoms with Crippen molar-refractivity contribution >= 4 is 22.6 Å². The van der Waals surface area contributed by atoms with E-state index in [0.717, 1.165) is 29.4 Å². The summed E-state index contributed by atoms with van der Waals surface area (Å²) in [6.07, 6.45) is 6.10. The van der Waals surface area contributed by atoms with Gasteiger partial charge >= 0.3 is 0 Å². The molecule has 5 heteroatoms. The monoisotopic (exact) mass is 266 g/mol. The van der Waals surface area contributed by atoms with Crippen molar-refractivity contribution in [2.75, 3.05) is 11.1 Å². The smallest absolute Gasteiger partial charge is 0.161 e. The van der Waals surface area contributed by atoms with Crippen LogP contribution in [0.25, 0.3) is 0 Å². The highest BCUT2D eigenvalue weighted by molar-refractivity contribution is 8.14. The van der Waals surface area contributed by atoms with Crippen LogP contribution in [0.5, 0.6) is 0 Å². The summed E-state index contributed by atoms with van der Waals surface area (Å²) in [7, 11) is 0. The Bertz CT molecular complexity index is 432. The topological polar surface area (TPSA) is 42.2 Å². The number of hydrogen-bond acceptors (Lipinski definition) is 4. The summed E-state index contributed by atoms with van der Waals surface area (Å²) in [6.45, 7) is 8.68. The van der Waals surface area contributed by atoms with Gasteiger partial charge in [-0.3, -0.25) is 9.67 Å². The van der Waals surface area contributed by atoms with E-state index >= 15 is 0 Å². The van der Waals surface area contributed by atoms with Crippen molar-refractivity contribution in [1.29, 1.82) is 0 Å². The summed E-state index contributed by atoms with van der Waals surface area (Å²) in [4.78, 5) is 4.84. The van der Waals surface area contributed by atoms with Crippen molar-refractivity contribution in [3.63, 3.8) is 0 Å². The minimum atomic E-state index is 0.140. The van der Waals surface area contributed by atoms with Crippen LogP contribution in [0.15, 0.2) is 17.4 Å². The molecular weight excluding hydrogens is 244 g/mol. The Labute approximate surface area is 113 Å². The van der Waals surface area contributed by atoms with Crippen LogP contribution < -0.4 is 5.32 Å². The van der Waals surface area contributed by atoms with Crippen molar-refractivity contribution in [3.8, 4) is 0 Å². The molecule has 0 aromatic carbocycles. The van der Waals surface area contributed by atoms with Gasteiger partial charge in [-0.1, -0.05) is 25.6 Å². The predicted octanol–water partition coefficient (Wildman–Crippen LogP) is 3.54. The molecule has 0 saturated heterocycles. The van der Waals surface area contributed by atoms with Crippen LogP contribution >= 0.6 is 11.8 Å².